The molecule has 5 rings (SSSR count). The van der Waals surface area contributed by atoms with Gasteiger partial charge in [-0.15, -0.1) is 0 Å². The molecule has 1 aromatic carbocycles. The topological polar surface area (TPSA) is 181 Å². The van der Waals surface area contributed by atoms with E-state index in [1.807, 2.05) is 6.92 Å². The molecule has 5 unspecified atom stereocenters. The summed E-state index contributed by atoms with van der Waals surface area (Å²) < 4.78 is 53.3. The Kier molecular flexibility index (Phi) is 11.8. The number of ether oxygens (including phenoxy) is 2. The highest BCUT2D eigenvalue weighted by molar-refractivity contribution is 7.91. The van der Waals surface area contributed by atoms with Gasteiger partial charge in [0, 0.05) is 24.4 Å². The lowest BCUT2D eigenvalue weighted by molar-refractivity contribution is -0.141. The van der Waals surface area contributed by atoms with Crippen LogP contribution >= 0.6 is 0 Å². The van der Waals surface area contributed by atoms with Gasteiger partial charge in [0.1, 0.15) is 35.1 Å². The molecule has 3 N–H and O–H groups in total. The summed E-state index contributed by atoms with van der Waals surface area (Å²) in [6.45, 7) is 12.6. The predicted molar refractivity (Wildman–Crippen MR) is 192 cm³/mol. The van der Waals surface area contributed by atoms with Crippen LogP contribution < -0.4 is 15.4 Å². The Bertz CT molecular complexity index is 1740. The molecule has 2 saturated carbocycles. The second-order valence-electron chi connectivity index (χ2n) is 15.8. The van der Waals surface area contributed by atoms with E-state index in [0.29, 0.717) is 36.0 Å². The zero-order valence-electron chi connectivity index (χ0n) is 31.2. The molecule has 2 heterocycles. The van der Waals surface area contributed by atoms with Crippen molar-refractivity contribution in [1.82, 2.24) is 25.2 Å². The first-order chi connectivity index (χ1) is 24.8. The zero-order chi connectivity index (χ0) is 38.9. The second kappa shape index (κ2) is 15.6. The maximum atomic E-state index is 14.4. The predicted octanol–water partition coefficient (Wildman–Crippen LogP) is 4.17. The largest absolute Gasteiger partial charge is 0.444 e. The van der Waals surface area contributed by atoms with Crippen LogP contribution in [0.1, 0.15) is 104 Å². The third-order valence-corrected chi connectivity index (χ3v) is 12.0. The Hall–Kier alpha value is -4.21. The van der Waals surface area contributed by atoms with Crippen LogP contribution in [0.3, 0.4) is 0 Å². The number of nitrogens with one attached hydrogen (secondary N) is 3. The Morgan fingerprint density at radius 1 is 1.09 bits per heavy atom. The highest BCUT2D eigenvalue weighted by Crippen LogP contribution is 2.49. The van der Waals surface area contributed by atoms with Crippen molar-refractivity contribution in [2.24, 2.45) is 5.92 Å². The smallest absolute Gasteiger partial charge is 0.410 e. The standard InChI is InChI=1S/C37H52FN5O9S/c1-7-8-9-10-14-29(39-34(47)52-36(4,5)6)32(45)43-20-24(51-35(48)42-19-23-12-11-13-28(38)26(23)21-42)17-30(43)31(44)40-37(18-27(37)22(2)3)33(46)41-53(49,50)25-15-16-25/h11-13,24-25,27,29-30H,2,7-10,14-21H2,1,3-6H3,(H,39,47)(H,40,44)(H,41,46). The lowest BCUT2D eigenvalue weighted by Gasteiger charge is -2.30. The number of sulfonamides is 1. The summed E-state index contributed by atoms with van der Waals surface area (Å²) in [6.07, 6.45) is 1.75. The quantitative estimate of drug-likeness (QED) is 0.185. The summed E-state index contributed by atoms with van der Waals surface area (Å²) in [5.41, 5.74) is -0.877. The fraction of sp³-hybridized carbons (Fsp3) is 0.649. The molecule has 16 heteroatoms. The first-order valence-electron chi connectivity index (χ1n) is 18.4. The number of hydrogen-bond donors (Lipinski definition) is 3. The number of carbonyl (C=O) groups is 5. The molecule has 3 fully saturated rings. The number of unbranched alkanes of at least 4 members (excludes halogenated alkanes) is 3. The van der Waals surface area contributed by atoms with E-state index in [-0.39, 0.29) is 38.9 Å². The van der Waals surface area contributed by atoms with Crippen LogP contribution in [-0.2, 0) is 47.0 Å². The van der Waals surface area contributed by atoms with Gasteiger partial charge in [0.25, 0.3) is 5.91 Å². The van der Waals surface area contributed by atoms with Gasteiger partial charge in [-0.05, 0) is 65.0 Å². The van der Waals surface area contributed by atoms with Crippen molar-refractivity contribution in [2.75, 3.05) is 6.54 Å². The number of alkyl carbamates (subject to hydrolysis) is 1. The van der Waals surface area contributed by atoms with Crippen LogP contribution in [0.4, 0.5) is 14.0 Å². The Balaban J connectivity index is 1.38. The molecule has 4 aliphatic rings. The molecule has 1 saturated heterocycles. The van der Waals surface area contributed by atoms with E-state index in [0.717, 1.165) is 19.3 Å². The molecule has 5 amide bonds. The van der Waals surface area contributed by atoms with Crippen molar-refractivity contribution >= 4 is 39.9 Å². The van der Waals surface area contributed by atoms with Gasteiger partial charge in [0.15, 0.2) is 0 Å². The molecule has 292 valence electrons. The maximum absolute atomic E-state index is 14.4. The molecule has 0 spiro atoms. The van der Waals surface area contributed by atoms with Crippen molar-refractivity contribution in [3.63, 3.8) is 0 Å². The number of hydrogen-bond acceptors (Lipinski definition) is 9. The minimum absolute atomic E-state index is 0.0105. The number of likely N-dealkylation sites (tertiary alicyclic amines) is 1. The number of amides is 5. The third kappa shape index (κ3) is 9.48. The monoisotopic (exact) mass is 761 g/mol. The van der Waals surface area contributed by atoms with Crippen LogP contribution in [0, 0.1) is 11.7 Å². The van der Waals surface area contributed by atoms with E-state index >= 15 is 0 Å². The van der Waals surface area contributed by atoms with Gasteiger partial charge >= 0.3 is 12.2 Å². The minimum Gasteiger partial charge on any atom is -0.444 e. The average Bonchev–Trinajstić information content (AvgIpc) is 3.96. The lowest BCUT2D eigenvalue weighted by atomic mass is 10.0. The summed E-state index contributed by atoms with van der Waals surface area (Å²) in [6, 6.07) is 2.24. The van der Waals surface area contributed by atoms with E-state index in [1.165, 1.54) is 15.9 Å². The molecule has 0 radical (unpaired) electrons. The molecular formula is C37H52FN5O9S. The molecule has 53 heavy (non-hydrogen) atoms. The number of carbonyl (C=O) groups excluding carboxylic acids is 5. The molecule has 1 aromatic rings. The van der Waals surface area contributed by atoms with E-state index in [1.54, 1.807) is 39.8 Å². The number of halogens is 1. The van der Waals surface area contributed by atoms with E-state index in [4.69, 9.17) is 9.47 Å². The fourth-order valence-electron chi connectivity index (χ4n) is 7.07. The molecule has 0 aromatic heterocycles. The highest BCUT2D eigenvalue weighted by Gasteiger charge is 2.63. The van der Waals surface area contributed by atoms with Crippen LogP contribution in [0.25, 0.3) is 0 Å². The van der Waals surface area contributed by atoms with Gasteiger partial charge in [0.2, 0.25) is 21.8 Å². The van der Waals surface area contributed by atoms with Crippen molar-refractivity contribution in [1.29, 1.82) is 0 Å². The highest BCUT2D eigenvalue weighted by atomic mass is 32.2. The summed E-state index contributed by atoms with van der Waals surface area (Å²) in [5, 5.41) is 4.74. The van der Waals surface area contributed by atoms with Crippen molar-refractivity contribution < 1.29 is 46.3 Å². The SMILES string of the molecule is C=C(C)C1CC1(NC(=O)C1CC(OC(=O)N2Cc3cccc(F)c3C2)CN1C(=O)C(CCCCCC)NC(=O)OC(C)(C)C)C(=O)NS(=O)(=O)C1CC1. The summed E-state index contributed by atoms with van der Waals surface area (Å²) in [4.78, 5) is 71.0. The minimum atomic E-state index is -3.94. The van der Waals surface area contributed by atoms with Crippen LogP contribution in [0.2, 0.25) is 0 Å². The van der Waals surface area contributed by atoms with Crippen molar-refractivity contribution in [2.45, 2.75) is 140 Å². The van der Waals surface area contributed by atoms with Gasteiger partial charge < -0.3 is 25.0 Å². The third-order valence-electron chi connectivity index (χ3n) is 10.1. The molecule has 2 aliphatic heterocycles. The van der Waals surface area contributed by atoms with Gasteiger partial charge in [-0.1, -0.05) is 56.9 Å². The Morgan fingerprint density at radius 2 is 1.81 bits per heavy atom. The fourth-order valence-corrected chi connectivity index (χ4v) is 8.44. The van der Waals surface area contributed by atoms with E-state index in [9.17, 15) is 36.8 Å². The average molecular weight is 762 g/mol. The van der Waals surface area contributed by atoms with Gasteiger partial charge in [-0.3, -0.25) is 24.0 Å². The summed E-state index contributed by atoms with van der Waals surface area (Å²) in [5.74, 6) is -3.24. The Labute approximate surface area is 310 Å². The van der Waals surface area contributed by atoms with Crippen LogP contribution in [-0.4, -0.2) is 89.2 Å². The lowest BCUT2D eigenvalue weighted by Crippen LogP contribution is -2.58. The number of benzene rings is 1. The summed E-state index contributed by atoms with van der Waals surface area (Å²) >= 11 is 0. The molecule has 5 atom stereocenters. The van der Waals surface area contributed by atoms with Crippen LogP contribution in [0.5, 0.6) is 0 Å². The molecule has 0 bridgehead atoms. The molecular weight excluding hydrogens is 709 g/mol. The van der Waals surface area contributed by atoms with Gasteiger partial charge in [0.05, 0.1) is 18.3 Å². The first kappa shape index (κ1) is 40.0. The number of rotatable bonds is 14. The van der Waals surface area contributed by atoms with Gasteiger partial charge in [-0.25, -0.2) is 22.4 Å². The van der Waals surface area contributed by atoms with Crippen molar-refractivity contribution in [3.8, 4) is 0 Å². The maximum Gasteiger partial charge on any atom is 0.410 e. The number of fused-ring (bicyclic) bond motifs is 1. The van der Waals surface area contributed by atoms with Crippen LogP contribution in [0.15, 0.2) is 30.4 Å². The van der Waals surface area contributed by atoms with Crippen molar-refractivity contribution in [3.05, 3.63) is 47.3 Å². The number of nitrogens with zero attached hydrogens (tertiary/aromatic N) is 2. The first-order valence-corrected chi connectivity index (χ1v) is 19.9. The molecule has 14 nitrogen and oxygen atoms in total. The summed E-state index contributed by atoms with van der Waals surface area (Å²) in [7, 11) is -3.94. The van der Waals surface area contributed by atoms with E-state index < -0.39 is 86.2 Å². The second-order valence-corrected chi connectivity index (χ2v) is 17.7. The Morgan fingerprint density at radius 3 is 2.42 bits per heavy atom. The van der Waals surface area contributed by atoms with Gasteiger partial charge in [-0.2, -0.15) is 0 Å². The molecule has 2 aliphatic carbocycles. The van der Waals surface area contributed by atoms with E-state index in [2.05, 4.69) is 21.9 Å². The normalized spacial score (nSPS) is 24.2. The zero-order valence-corrected chi connectivity index (χ0v) is 32.0.